The van der Waals surface area contributed by atoms with Gasteiger partial charge in [0.1, 0.15) is 11.5 Å². The zero-order valence-electron chi connectivity index (χ0n) is 19.6. The zero-order valence-corrected chi connectivity index (χ0v) is 20.4. The molecule has 1 aliphatic rings. The molecule has 0 spiro atoms. The molecule has 1 amide bonds. The van der Waals surface area contributed by atoms with Crippen LogP contribution < -0.4 is 20.1 Å². The highest BCUT2D eigenvalue weighted by Crippen LogP contribution is 2.29. The first-order valence-corrected chi connectivity index (χ1v) is 12.6. The van der Waals surface area contributed by atoms with Gasteiger partial charge in [0, 0.05) is 30.4 Å². The summed E-state index contributed by atoms with van der Waals surface area (Å²) in [5, 5.41) is 6.11. The molecule has 0 bridgehead atoms. The summed E-state index contributed by atoms with van der Waals surface area (Å²) < 4.78 is 37.9. The van der Waals surface area contributed by atoms with Crippen molar-refractivity contribution in [3.8, 4) is 11.5 Å². The number of rotatable bonds is 9. The predicted molar refractivity (Wildman–Crippen MR) is 128 cm³/mol. The maximum atomic E-state index is 12.8. The van der Waals surface area contributed by atoms with Gasteiger partial charge in [-0.2, -0.15) is 4.31 Å². The van der Waals surface area contributed by atoms with Crippen LogP contribution in [0.3, 0.4) is 0 Å². The van der Waals surface area contributed by atoms with Gasteiger partial charge < -0.3 is 14.8 Å². The average Bonchev–Trinajstić information content (AvgIpc) is 2.84. The summed E-state index contributed by atoms with van der Waals surface area (Å²) in [4.78, 5) is 13.0. The molecule has 1 heterocycles. The number of sulfonamides is 1. The molecule has 0 saturated carbocycles. The number of hydrogen-bond acceptors (Lipinski definition) is 6. The number of nitrogens with zero attached hydrogens (tertiary/aromatic N) is 1. The average molecular weight is 476 g/mol. The summed E-state index contributed by atoms with van der Waals surface area (Å²) in [6.45, 7) is 4.83. The Morgan fingerprint density at radius 1 is 0.970 bits per heavy atom. The molecular weight excluding hydrogens is 442 g/mol. The number of carbonyl (C=O) groups excluding carboxylic acids is 1. The molecule has 0 aliphatic carbocycles. The lowest BCUT2D eigenvalue weighted by Crippen LogP contribution is -2.39. The molecule has 2 aromatic rings. The van der Waals surface area contributed by atoms with Crippen LogP contribution in [-0.2, 0) is 14.8 Å². The molecule has 8 nitrogen and oxygen atoms in total. The predicted octanol–water partition coefficient (Wildman–Crippen LogP) is 3.56. The Morgan fingerprint density at radius 2 is 1.64 bits per heavy atom. The number of methoxy groups -OCH3 is 2. The van der Waals surface area contributed by atoms with E-state index in [4.69, 9.17) is 9.47 Å². The smallest absolute Gasteiger partial charge is 0.243 e. The molecule has 0 aromatic heterocycles. The van der Waals surface area contributed by atoms with Gasteiger partial charge in [-0.15, -0.1) is 0 Å². The second kappa shape index (κ2) is 11.0. The standard InChI is InChI=1S/C24H33N3O5S/c1-17(22-16-20(31-3)10-13-23(22)32-4)25-18(2)24(28)26-19-8-11-21(12-9-19)33(29,30)27-14-6-5-7-15-27/h8-13,16-18,25H,5-7,14-15H2,1-4H3,(H,26,28). The topological polar surface area (TPSA) is 97.0 Å². The molecule has 0 radical (unpaired) electrons. The molecule has 2 atom stereocenters. The fourth-order valence-corrected chi connectivity index (χ4v) is 5.45. The molecule has 9 heteroatoms. The van der Waals surface area contributed by atoms with E-state index in [9.17, 15) is 13.2 Å². The summed E-state index contributed by atoms with van der Waals surface area (Å²) in [5.74, 6) is 1.18. The first kappa shape index (κ1) is 25.0. The number of carbonyl (C=O) groups is 1. The molecule has 2 N–H and O–H groups in total. The highest BCUT2D eigenvalue weighted by molar-refractivity contribution is 7.89. The van der Waals surface area contributed by atoms with E-state index < -0.39 is 16.1 Å². The highest BCUT2D eigenvalue weighted by atomic mass is 32.2. The Morgan fingerprint density at radius 3 is 2.24 bits per heavy atom. The lowest BCUT2D eigenvalue weighted by atomic mass is 10.1. The van der Waals surface area contributed by atoms with Crippen molar-refractivity contribution in [1.82, 2.24) is 9.62 Å². The van der Waals surface area contributed by atoms with Gasteiger partial charge >= 0.3 is 0 Å². The Hall–Kier alpha value is -2.62. The van der Waals surface area contributed by atoms with Crippen molar-refractivity contribution in [3.63, 3.8) is 0 Å². The molecule has 1 saturated heterocycles. The highest BCUT2D eigenvalue weighted by Gasteiger charge is 2.26. The second-order valence-electron chi connectivity index (χ2n) is 8.20. The van der Waals surface area contributed by atoms with E-state index in [2.05, 4.69) is 10.6 Å². The fraction of sp³-hybridized carbons (Fsp3) is 0.458. The van der Waals surface area contributed by atoms with Crippen molar-refractivity contribution < 1.29 is 22.7 Å². The normalized spacial score (nSPS) is 16.6. The van der Waals surface area contributed by atoms with Crippen molar-refractivity contribution in [2.75, 3.05) is 32.6 Å². The number of ether oxygens (including phenoxy) is 2. The SMILES string of the molecule is COc1ccc(OC)c(C(C)NC(C)C(=O)Nc2ccc(S(=O)(=O)N3CCCCC3)cc2)c1. The van der Waals surface area contributed by atoms with E-state index >= 15 is 0 Å². The summed E-state index contributed by atoms with van der Waals surface area (Å²) in [6, 6.07) is 11.2. The van der Waals surface area contributed by atoms with Crippen LogP contribution in [0.15, 0.2) is 47.4 Å². The maximum Gasteiger partial charge on any atom is 0.243 e. The number of benzene rings is 2. The van der Waals surface area contributed by atoms with Crippen LogP contribution in [0.1, 0.15) is 44.7 Å². The number of hydrogen-bond donors (Lipinski definition) is 2. The molecule has 2 aromatic carbocycles. The van der Waals surface area contributed by atoms with Crippen molar-refractivity contribution in [1.29, 1.82) is 0 Å². The van der Waals surface area contributed by atoms with Crippen LogP contribution in [0, 0.1) is 0 Å². The Bertz CT molecular complexity index is 1050. The summed E-state index contributed by atoms with van der Waals surface area (Å²) >= 11 is 0. The van der Waals surface area contributed by atoms with Crippen molar-refractivity contribution in [3.05, 3.63) is 48.0 Å². The van der Waals surface area contributed by atoms with Gasteiger partial charge in [0.15, 0.2) is 0 Å². The van der Waals surface area contributed by atoms with E-state index in [0.717, 1.165) is 24.8 Å². The molecule has 33 heavy (non-hydrogen) atoms. The Labute approximate surface area is 196 Å². The summed E-state index contributed by atoms with van der Waals surface area (Å²) in [6.07, 6.45) is 2.84. The monoisotopic (exact) mass is 475 g/mol. The lowest BCUT2D eigenvalue weighted by molar-refractivity contribution is -0.117. The van der Waals surface area contributed by atoms with Crippen molar-refractivity contribution in [2.24, 2.45) is 0 Å². The minimum atomic E-state index is -3.50. The van der Waals surface area contributed by atoms with Gasteiger partial charge in [0.05, 0.1) is 25.2 Å². The maximum absolute atomic E-state index is 12.8. The first-order chi connectivity index (χ1) is 15.8. The molecule has 1 aliphatic heterocycles. The van der Waals surface area contributed by atoms with Crippen LogP contribution >= 0.6 is 0 Å². The van der Waals surface area contributed by atoms with Crippen molar-refractivity contribution >= 4 is 21.6 Å². The minimum absolute atomic E-state index is 0.173. The zero-order chi connectivity index (χ0) is 24.0. The van der Waals surface area contributed by atoms with Gasteiger partial charge in [-0.1, -0.05) is 6.42 Å². The van der Waals surface area contributed by atoms with Crippen LogP contribution in [0.25, 0.3) is 0 Å². The third-order valence-electron chi connectivity index (χ3n) is 5.87. The lowest BCUT2D eigenvalue weighted by Gasteiger charge is -2.26. The third-order valence-corrected chi connectivity index (χ3v) is 7.78. The molecule has 1 fully saturated rings. The second-order valence-corrected chi connectivity index (χ2v) is 10.1. The van der Waals surface area contributed by atoms with Gasteiger partial charge in [-0.05, 0) is 69.2 Å². The molecule has 2 unspecified atom stereocenters. The molecule has 3 rings (SSSR count). The first-order valence-electron chi connectivity index (χ1n) is 11.2. The van der Waals surface area contributed by atoms with E-state index in [1.165, 1.54) is 4.31 Å². The molecule has 180 valence electrons. The van der Waals surface area contributed by atoms with Gasteiger partial charge in [0.25, 0.3) is 0 Å². The van der Waals surface area contributed by atoms with E-state index in [0.29, 0.717) is 30.3 Å². The Kier molecular flexibility index (Phi) is 8.34. The van der Waals surface area contributed by atoms with Crippen LogP contribution in [0.5, 0.6) is 11.5 Å². The fourth-order valence-electron chi connectivity index (χ4n) is 3.93. The minimum Gasteiger partial charge on any atom is -0.497 e. The quantitative estimate of drug-likeness (QED) is 0.576. The largest absolute Gasteiger partial charge is 0.497 e. The van der Waals surface area contributed by atoms with Crippen molar-refractivity contribution in [2.45, 2.75) is 50.1 Å². The third kappa shape index (κ3) is 6.04. The van der Waals surface area contributed by atoms with E-state index in [-0.39, 0.29) is 16.8 Å². The molecular formula is C24H33N3O5S. The number of amides is 1. The summed E-state index contributed by atoms with van der Waals surface area (Å²) in [5.41, 5.74) is 1.42. The van der Waals surface area contributed by atoms with Gasteiger partial charge in [0.2, 0.25) is 15.9 Å². The van der Waals surface area contributed by atoms with Crippen LogP contribution in [-0.4, -0.2) is 52.0 Å². The van der Waals surface area contributed by atoms with Crippen LogP contribution in [0.4, 0.5) is 5.69 Å². The number of nitrogens with one attached hydrogen (secondary N) is 2. The van der Waals surface area contributed by atoms with Gasteiger partial charge in [-0.25, -0.2) is 8.42 Å². The summed E-state index contributed by atoms with van der Waals surface area (Å²) in [7, 11) is -0.296. The Balaban J connectivity index is 1.63. The van der Waals surface area contributed by atoms with E-state index in [1.54, 1.807) is 45.4 Å². The van der Waals surface area contributed by atoms with E-state index in [1.807, 2.05) is 25.1 Å². The van der Waals surface area contributed by atoms with Crippen LogP contribution in [0.2, 0.25) is 0 Å². The van der Waals surface area contributed by atoms with Gasteiger partial charge in [-0.3, -0.25) is 10.1 Å². The number of anilines is 1. The number of piperidine rings is 1.